The van der Waals surface area contributed by atoms with Crippen molar-refractivity contribution in [3.05, 3.63) is 76.4 Å². The quantitative estimate of drug-likeness (QED) is 0.504. The van der Waals surface area contributed by atoms with E-state index in [9.17, 15) is 18.3 Å². The maximum absolute atomic E-state index is 12.9. The summed E-state index contributed by atoms with van der Waals surface area (Å²) >= 11 is 0. The van der Waals surface area contributed by atoms with E-state index in [4.69, 9.17) is 4.98 Å². The first kappa shape index (κ1) is 24.4. The first-order valence-electron chi connectivity index (χ1n) is 12.2. The molecule has 0 radical (unpaired) electrons. The maximum atomic E-state index is 12.9. The normalized spacial score (nSPS) is 15.5. The van der Waals surface area contributed by atoms with Crippen LogP contribution in [0.5, 0.6) is 0 Å². The van der Waals surface area contributed by atoms with E-state index in [0.717, 1.165) is 54.1 Å². The standard InChI is InChI=1S/C27H30N4O4S/c1-17-12-21(14-25(29-17)18-5-6-18)31-11-3-4-23-26(31)10-9-24(30-23)27(33)28-15-19-7-8-22(36(2,34)35)13-20(19)16-32/h7-10,12-14,18,32H,3-6,11,15-16H2,1-2H3,(H,28,33). The number of amides is 1. The van der Waals surface area contributed by atoms with Crippen molar-refractivity contribution in [3.8, 4) is 0 Å². The summed E-state index contributed by atoms with van der Waals surface area (Å²) in [5, 5.41) is 12.5. The van der Waals surface area contributed by atoms with Gasteiger partial charge >= 0.3 is 0 Å². The predicted molar refractivity (Wildman–Crippen MR) is 137 cm³/mol. The summed E-state index contributed by atoms with van der Waals surface area (Å²) < 4.78 is 23.6. The van der Waals surface area contributed by atoms with Crippen molar-refractivity contribution < 1.29 is 18.3 Å². The van der Waals surface area contributed by atoms with Gasteiger partial charge in [0.15, 0.2) is 9.84 Å². The van der Waals surface area contributed by atoms with Gasteiger partial charge in [-0.2, -0.15) is 0 Å². The second-order valence-electron chi connectivity index (χ2n) is 9.63. The number of aryl methyl sites for hydroxylation is 2. The Morgan fingerprint density at radius 2 is 1.92 bits per heavy atom. The van der Waals surface area contributed by atoms with E-state index in [2.05, 4.69) is 27.3 Å². The Morgan fingerprint density at radius 1 is 1.11 bits per heavy atom. The second kappa shape index (κ2) is 9.63. The molecular formula is C27H30N4O4S. The fourth-order valence-electron chi connectivity index (χ4n) is 4.68. The molecule has 0 bridgehead atoms. The van der Waals surface area contributed by atoms with Crippen molar-refractivity contribution in [2.75, 3.05) is 17.7 Å². The highest BCUT2D eigenvalue weighted by atomic mass is 32.2. The molecule has 36 heavy (non-hydrogen) atoms. The number of sulfone groups is 1. The average Bonchev–Trinajstić information content (AvgIpc) is 3.71. The third kappa shape index (κ3) is 5.12. The summed E-state index contributed by atoms with van der Waals surface area (Å²) in [4.78, 5) is 24.7. The molecule has 188 valence electrons. The third-order valence-electron chi connectivity index (χ3n) is 6.75. The van der Waals surface area contributed by atoms with E-state index >= 15 is 0 Å². The van der Waals surface area contributed by atoms with Crippen LogP contribution in [0.2, 0.25) is 0 Å². The molecule has 0 atom stereocenters. The van der Waals surface area contributed by atoms with E-state index in [0.29, 0.717) is 22.7 Å². The van der Waals surface area contributed by atoms with E-state index in [-0.39, 0.29) is 24.0 Å². The molecule has 1 aromatic carbocycles. The maximum Gasteiger partial charge on any atom is 0.270 e. The van der Waals surface area contributed by atoms with Crippen molar-refractivity contribution in [1.82, 2.24) is 15.3 Å². The monoisotopic (exact) mass is 506 g/mol. The van der Waals surface area contributed by atoms with E-state index in [1.807, 2.05) is 13.0 Å². The Morgan fingerprint density at radius 3 is 2.64 bits per heavy atom. The molecule has 8 nitrogen and oxygen atoms in total. The van der Waals surface area contributed by atoms with E-state index in [1.54, 1.807) is 12.1 Å². The number of pyridine rings is 2. The molecule has 2 aromatic heterocycles. The number of rotatable bonds is 7. The highest BCUT2D eigenvalue weighted by Crippen LogP contribution is 2.41. The van der Waals surface area contributed by atoms with Gasteiger partial charge in [-0.15, -0.1) is 0 Å². The molecule has 1 aliphatic heterocycles. The van der Waals surface area contributed by atoms with Crippen molar-refractivity contribution >= 4 is 27.1 Å². The largest absolute Gasteiger partial charge is 0.392 e. The molecule has 9 heteroatoms. The van der Waals surface area contributed by atoms with Crippen LogP contribution in [0.3, 0.4) is 0 Å². The summed E-state index contributed by atoms with van der Waals surface area (Å²) in [5.41, 5.74) is 6.66. The fourth-order valence-corrected chi connectivity index (χ4v) is 5.35. The molecule has 1 aliphatic carbocycles. The number of aliphatic hydroxyl groups is 1. The summed E-state index contributed by atoms with van der Waals surface area (Å²) in [6.45, 7) is 2.76. The molecule has 0 spiro atoms. The topological polar surface area (TPSA) is 112 Å². The molecule has 0 unspecified atom stereocenters. The van der Waals surface area contributed by atoms with Crippen LogP contribution in [0.4, 0.5) is 11.4 Å². The van der Waals surface area contributed by atoms with Gasteiger partial charge in [0.05, 0.1) is 22.9 Å². The Bertz CT molecular complexity index is 1430. The smallest absolute Gasteiger partial charge is 0.270 e. The Balaban J connectivity index is 1.33. The molecule has 2 aliphatic rings. The van der Waals surface area contributed by atoms with Crippen molar-refractivity contribution in [3.63, 3.8) is 0 Å². The highest BCUT2D eigenvalue weighted by Gasteiger charge is 2.27. The van der Waals surface area contributed by atoms with Gasteiger partial charge < -0.3 is 15.3 Å². The molecule has 1 saturated carbocycles. The first-order chi connectivity index (χ1) is 17.2. The molecule has 0 saturated heterocycles. The first-order valence-corrected chi connectivity index (χ1v) is 14.1. The Hall–Kier alpha value is -3.30. The van der Waals surface area contributed by atoms with Gasteiger partial charge in [0.1, 0.15) is 5.69 Å². The number of aliphatic hydroxyl groups excluding tert-OH is 1. The van der Waals surface area contributed by atoms with Crippen LogP contribution in [-0.2, 0) is 29.4 Å². The number of hydrogen-bond acceptors (Lipinski definition) is 7. The molecule has 3 heterocycles. The highest BCUT2D eigenvalue weighted by molar-refractivity contribution is 7.90. The lowest BCUT2D eigenvalue weighted by Gasteiger charge is -2.31. The molecule has 2 N–H and O–H groups in total. The number of nitrogens with one attached hydrogen (secondary N) is 1. The SMILES string of the molecule is Cc1cc(N2CCCc3nc(C(=O)NCc4ccc(S(C)(=O)=O)cc4CO)ccc32)cc(C2CC2)n1. The zero-order chi connectivity index (χ0) is 25.4. The molecule has 5 rings (SSSR count). The van der Waals surface area contributed by atoms with Gasteiger partial charge in [-0.25, -0.2) is 13.4 Å². The number of nitrogens with zero attached hydrogens (tertiary/aromatic N) is 3. The number of carbonyl (C=O) groups is 1. The lowest BCUT2D eigenvalue weighted by atomic mass is 10.0. The number of aromatic nitrogens is 2. The molecular weight excluding hydrogens is 476 g/mol. The number of carbonyl (C=O) groups excluding carboxylic acids is 1. The molecule has 3 aromatic rings. The lowest BCUT2D eigenvalue weighted by Crippen LogP contribution is -2.28. The van der Waals surface area contributed by atoms with E-state index < -0.39 is 9.84 Å². The second-order valence-corrected chi connectivity index (χ2v) is 11.6. The number of benzene rings is 1. The van der Waals surface area contributed by atoms with Crippen LogP contribution in [0, 0.1) is 6.92 Å². The molecule has 1 amide bonds. The number of anilines is 2. The van der Waals surface area contributed by atoms with Crippen molar-refractivity contribution in [2.24, 2.45) is 0 Å². The average molecular weight is 507 g/mol. The van der Waals surface area contributed by atoms with Gasteiger partial charge in [0.25, 0.3) is 5.91 Å². The summed E-state index contributed by atoms with van der Waals surface area (Å²) in [5.74, 6) is 0.257. The summed E-state index contributed by atoms with van der Waals surface area (Å²) in [6, 6.07) is 12.5. The van der Waals surface area contributed by atoms with Crippen molar-refractivity contribution in [2.45, 2.75) is 56.6 Å². The Kier molecular flexibility index (Phi) is 6.53. The molecule has 1 fully saturated rings. The van der Waals surface area contributed by atoms with Crippen LogP contribution in [0.1, 0.15) is 63.9 Å². The van der Waals surface area contributed by atoms with Gasteiger partial charge in [-0.3, -0.25) is 9.78 Å². The van der Waals surface area contributed by atoms with Crippen LogP contribution < -0.4 is 10.2 Å². The van der Waals surface area contributed by atoms with Crippen LogP contribution >= 0.6 is 0 Å². The third-order valence-corrected chi connectivity index (χ3v) is 7.86. The van der Waals surface area contributed by atoms with Gasteiger partial charge in [0.2, 0.25) is 0 Å². The van der Waals surface area contributed by atoms with E-state index in [1.165, 1.54) is 25.0 Å². The van der Waals surface area contributed by atoms with Crippen molar-refractivity contribution in [1.29, 1.82) is 0 Å². The fraction of sp³-hybridized carbons (Fsp3) is 0.370. The lowest BCUT2D eigenvalue weighted by molar-refractivity contribution is 0.0945. The van der Waals surface area contributed by atoms with Gasteiger partial charge in [-0.1, -0.05) is 6.07 Å². The minimum Gasteiger partial charge on any atom is -0.392 e. The summed E-state index contributed by atoms with van der Waals surface area (Å²) in [6.07, 6.45) is 5.27. The van der Waals surface area contributed by atoms with Crippen LogP contribution in [0.15, 0.2) is 47.4 Å². The number of hydrogen-bond donors (Lipinski definition) is 2. The zero-order valence-corrected chi connectivity index (χ0v) is 21.3. The zero-order valence-electron chi connectivity index (χ0n) is 20.5. The number of fused-ring (bicyclic) bond motifs is 1. The minimum absolute atomic E-state index is 0.135. The van der Waals surface area contributed by atoms with Crippen LogP contribution in [-0.4, -0.2) is 42.2 Å². The van der Waals surface area contributed by atoms with Gasteiger partial charge in [0, 0.05) is 42.3 Å². The Labute approximate surface area is 211 Å². The predicted octanol–water partition coefficient (Wildman–Crippen LogP) is 3.57. The van der Waals surface area contributed by atoms with Gasteiger partial charge in [-0.05, 0) is 80.1 Å². The van der Waals surface area contributed by atoms with Crippen LogP contribution in [0.25, 0.3) is 0 Å². The summed E-state index contributed by atoms with van der Waals surface area (Å²) in [7, 11) is -3.38. The minimum atomic E-state index is -3.38.